The third-order valence-electron chi connectivity index (χ3n) is 1.96. The fourth-order valence-electron chi connectivity index (χ4n) is 1.26. The average molecular weight is 214 g/mol. The molecule has 0 saturated carbocycles. The lowest BCUT2D eigenvalue weighted by Gasteiger charge is -2.07. The molecule has 16 heavy (non-hydrogen) atoms. The zero-order valence-electron chi connectivity index (χ0n) is 8.18. The summed E-state index contributed by atoms with van der Waals surface area (Å²) in [5.74, 6) is -0.552. The molecule has 0 bridgehead atoms. The second-order valence-corrected chi connectivity index (χ2v) is 3.03. The minimum atomic E-state index is -0.552. The van der Waals surface area contributed by atoms with Crippen LogP contribution >= 0.6 is 0 Å². The van der Waals surface area contributed by atoms with E-state index in [2.05, 4.69) is 15.3 Å². The van der Waals surface area contributed by atoms with E-state index in [1.165, 1.54) is 18.5 Å². The number of aromatic nitrogens is 2. The highest BCUT2D eigenvalue weighted by atomic mass is 19.1. The molecule has 1 aromatic carbocycles. The first-order chi connectivity index (χ1) is 7.81. The standard InChI is InChI=1S/C11H7FN4/c12-10-2-1-3-11(9(10)4-13)16-8-5-14-7-15-6-8/h1-3,5-7,16H. The maximum atomic E-state index is 13.3. The number of rotatable bonds is 2. The lowest BCUT2D eigenvalue weighted by molar-refractivity contribution is 0.624. The number of nitrogens with one attached hydrogen (secondary N) is 1. The van der Waals surface area contributed by atoms with Gasteiger partial charge in [-0.25, -0.2) is 14.4 Å². The molecule has 0 saturated heterocycles. The summed E-state index contributed by atoms with van der Waals surface area (Å²) in [4.78, 5) is 7.62. The topological polar surface area (TPSA) is 61.6 Å². The van der Waals surface area contributed by atoms with Crippen molar-refractivity contribution in [2.45, 2.75) is 0 Å². The molecule has 1 N–H and O–H groups in total. The minimum Gasteiger partial charge on any atom is -0.352 e. The Bertz CT molecular complexity index is 533. The average Bonchev–Trinajstić information content (AvgIpc) is 2.31. The zero-order chi connectivity index (χ0) is 11.4. The van der Waals surface area contributed by atoms with Gasteiger partial charge in [0.05, 0.1) is 23.8 Å². The Kier molecular flexibility index (Phi) is 2.74. The molecule has 0 atom stereocenters. The lowest BCUT2D eigenvalue weighted by atomic mass is 10.2. The molecule has 0 fully saturated rings. The van der Waals surface area contributed by atoms with Gasteiger partial charge in [0.15, 0.2) is 0 Å². The van der Waals surface area contributed by atoms with Crippen LogP contribution in [0.2, 0.25) is 0 Å². The number of hydrogen-bond donors (Lipinski definition) is 1. The van der Waals surface area contributed by atoms with Crippen LogP contribution in [0.15, 0.2) is 36.9 Å². The molecule has 0 radical (unpaired) electrons. The van der Waals surface area contributed by atoms with Gasteiger partial charge in [0.25, 0.3) is 0 Å². The predicted molar refractivity (Wildman–Crippen MR) is 56.4 cm³/mol. The molecular formula is C11H7FN4. The van der Waals surface area contributed by atoms with Crippen molar-refractivity contribution in [3.05, 3.63) is 48.3 Å². The van der Waals surface area contributed by atoms with Crippen LogP contribution < -0.4 is 5.32 Å². The van der Waals surface area contributed by atoms with Crippen LogP contribution in [-0.4, -0.2) is 9.97 Å². The molecule has 0 unspecified atom stereocenters. The van der Waals surface area contributed by atoms with Gasteiger partial charge in [-0.2, -0.15) is 5.26 Å². The summed E-state index contributed by atoms with van der Waals surface area (Å²) in [6, 6.07) is 6.20. The third-order valence-corrected chi connectivity index (χ3v) is 1.96. The van der Waals surface area contributed by atoms with Crippen LogP contribution in [0, 0.1) is 17.1 Å². The summed E-state index contributed by atoms with van der Waals surface area (Å²) in [7, 11) is 0. The van der Waals surface area contributed by atoms with E-state index in [4.69, 9.17) is 5.26 Å². The Labute approximate surface area is 91.4 Å². The third kappa shape index (κ3) is 1.96. The number of nitriles is 1. The first kappa shape index (κ1) is 10.1. The molecule has 2 aromatic rings. The van der Waals surface area contributed by atoms with E-state index < -0.39 is 5.82 Å². The van der Waals surface area contributed by atoms with Crippen LogP contribution in [0.3, 0.4) is 0 Å². The molecule has 4 nitrogen and oxygen atoms in total. The molecule has 0 aliphatic carbocycles. The van der Waals surface area contributed by atoms with E-state index in [0.29, 0.717) is 11.4 Å². The second-order valence-electron chi connectivity index (χ2n) is 3.03. The largest absolute Gasteiger partial charge is 0.352 e. The van der Waals surface area contributed by atoms with Crippen molar-refractivity contribution in [2.75, 3.05) is 5.32 Å². The monoisotopic (exact) mass is 214 g/mol. The van der Waals surface area contributed by atoms with Crippen molar-refractivity contribution in [3.8, 4) is 6.07 Å². The van der Waals surface area contributed by atoms with Crippen molar-refractivity contribution < 1.29 is 4.39 Å². The Balaban J connectivity index is 2.36. The SMILES string of the molecule is N#Cc1c(F)cccc1Nc1cncnc1. The summed E-state index contributed by atoms with van der Waals surface area (Å²) < 4.78 is 13.3. The number of benzene rings is 1. The van der Waals surface area contributed by atoms with Gasteiger partial charge < -0.3 is 5.32 Å². The van der Waals surface area contributed by atoms with E-state index in [-0.39, 0.29) is 5.56 Å². The Hall–Kier alpha value is -2.48. The Morgan fingerprint density at radius 1 is 1.25 bits per heavy atom. The summed E-state index contributed by atoms with van der Waals surface area (Å²) in [6.07, 6.45) is 4.47. The van der Waals surface area contributed by atoms with Gasteiger partial charge >= 0.3 is 0 Å². The lowest BCUT2D eigenvalue weighted by Crippen LogP contribution is -1.96. The van der Waals surface area contributed by atoms with Crippen molar-refractivity contribution in [1.29, 1.82) is 5.26 Å². The second kappa shape index (κ2) is 4.36. The van der Waals surface area contributed by atoms with E-state index in [1.54, 1.807) is 24.5 Å². The Morgan fingerprint density at radius 2 is 2.00 bits per heavy atom. The van der Waals surface area contributed by atoms with Crippen LogP contribution in [0.4, 0.5) is 15.8 Å². The van der Waals surface area contributed by atoms with Crippen molar-refractivity contribution in [2.24, 2.45) is 0 Å². The summed E-state index contributed by atoms with van der Waals surface area (Å²) in [5.41, 5.74) is 0.980. The molecular weight excluding hydrogens is 207 g/mol. The smallest absolute Gasteiger partial charge is 0.143 e. The molecule has 0 aliphatic heterocycles. The molecule has 0 amide bonds. The van der Waals surface area contributed by atoms with Gasteiger partial charge in [0, 0.05) is 0 Å². The first-order valence-electron chi connectivity index (χ1n) is 4.52. The van der Waals surface area contributed by atoms with Crippen LogP contribution in [0.25, 0.3) is 0 Å². The zero-order valence-corrected chi connectivity index (χ0v) is 8.18. The molecule has 1 heterocycles. The molecule has 2 rings (SSSR count). The molecule has 1 aromatic heterocycles. The first-order valence-corrected chi connectivity index (χ1v) is 4.52. The number of anilines is 2. The van der Waals surface area contributed by atoms with Gasteiger partial charge in [-0.3, -0.25) is 0 Å². The van der Waals surface area contributed by atoms with Gasteiger partial charge in [0.1, 0.15) is 23.8 Å². The minimum absolute atomic E-state index is 0.0219. The highest BCUT2D eigenvalue weighted by Crippen LogP contribution is 2.21. The van der Waals surface area contributed by atoms with Crippen molar-refractivity contribution >= 4 is 11.4 Å². The number of hydrogen-bond acceptors (Lipinski definition) is 4. The van der Waals surface area contributed by atoms with E-state index in [0.717, 1.165) is 0 Å². The van der Waals surface area contributed by atoms with Gasteiger partial charge in [-0.05, 0) is 12.1 Å². The number of halogens is 1. The van der Waals surface area contributed by atoms with Gasteiger partial charge in [-0.15, -0.1) is 0 Å². The van der Waals surface area contributed by atoms with Crippen LogP contribution in [0.5, 0.6) is 0 Å². The maximum Gasteiger partial charge on any atom is 0.143 e. The fourth-order valence-corrected chi connectivity index (χ4v) is 1.26. The molecule has 0 spiro atoms. The van der Waals surface area contributed by atoms with Crippen molar-refractivity contribution in [1.82, 2.24) is 9.97 Å². The highest BCUT2D eigenvalue weighted by Gasteiger charge is 2.07. The van der Waals surface area contributed by atoms with E-state index in [1.807, 2.05) is 0 Å². The summed E-state index contributed by atoms with van der Waals surface area (Å²) in [5, 5.41) is 11.7. The summed E-state index contributed by atoms with van der Waals surface area (Å²) >= 11 is 0. The normalized spacial score (nSPS) is 9.50. The summed E-state index contributed by atoms with van der Waals surface area (Å²) in [6.45, 7) is 0. The van der Waals surface area contributed by atoms with Gasteiger partial charge in [-0.1, -0.05) is 6.07 Å². The van der Waals surface area contributed by atoms with E-state index in [9.17, 15) is 4.39 Å². The Morgan fingerprint density at radius 3 is 2.69 bits per heavy atom. The predicted octanol–water partition coefficient (Wildman–Crippen LogP) is 2.23. The quantitative estimate of drug-likeness (QED) is 0.832. The highest BCUT2D eigenvalue weighted by molar-refractivity contribution is 5.65. The molecule has 0 aliphatic rings. The van der Waals surface area contributed by atoms with Crippen molar-refractivity contribution in [3.63, 3.8) is 0 Å². The van der Waals surface area contributed by atoms with E-state index >= 15 is 0 Å². The molecule has 78 valence electrons. The van der Waals surface area contributed by atoms with Crippen LogP contribution in [0.1, 0.15) is 5.56 Å². The van der Waals surface area contributed by atoms with Crippen LogP contribution in [-0.2, 0) is 0 Å². The fraction of sp³-hybridized carbons (Fsp3) is 0. The maximum absolute atomic E-state index is 13.3. The van der Waals surface area contributed by atoms with Gasteiger partial charge in [0.2, 0.25) is 0 Å². The molecule has 5 heteroatoms. The number of nitrogens with zero attached hydrogens (tertiary/aromatic N) is 3.